The molecule has 1 fully saturated rings. The number of aliphatic hydroxyl groups excluding tert-OH is 2. The van der Waals surface area contributed by atoms with Gasteiger partial charge in [-0.15, -0.1) is 0 Å². The second-order valence-electron chi connectivity index (χ2n) is 2.87. The van der Waals surface area contributed by atoms with E-state index in [1.165, 1.54) is 0 Å². The van der Waals surface area contributed by atoms with Crippen molar-refractivity contribution in [2.45, 2.75) is 31.0 Å². The third-order valence-electron chi connectivity index (χ3n) is 1.99. The van der Waals surface area contributed by atoms with Gasteiger partial charge in [-0.1, -0.05) is 0 Å². The van der Waals surface area contributed by atoms with Crippen LogP contribution in [0.2, 0.25) is 0 Å². The molecule has 0 aromatic heterocycles. The molecule has 4 atom stereocenters. The molecule has 1 saturated heterocycles. The van der Waals surface area contributed by atoms with E-state index >= 15 is 0 Å². The summed E-state index contributed by atoms with van der Waals surface area (Å²) in [6.45, 7) is 0.729. The Morgan fingerprint density at radius 3 is 2.45 bits per heavy atom. The predicted molar refractivity (Wildman–Crippen MR) is 35.5 cm³/mol. The first-order valence-corrected chi connectivity index (χ1v) is 3.39. The summed E-state index contributed by atoms with van der Waals surface area (Å²) in [6, 6.07) is 0. The van der Waals surface area contributed by atoms with Crippen molar-refractivity contribution < 1.29 is 19.3 Å². The van der Waals surface area contributed by atoms with E-state index in [0.29, 0.717) is 0 Å². The summed E-state index contributed by atoms with van der Waals surface area (Å²) in [6.07, 6.45) is -3.41. The van der Waals surface area contributed by atoms with E-state index in [2.05, 4.69) is 0 Å². The fourth-order valence-corrected chi connectivity index (χ4v) is 1.07. The van der Waals surface area contributed by atoms with Gasteiger partial charge >= 0.3 is 0 Å². The Morgan fingerprint density at radius 2 is 2.27 bits per heavy atom. The Hall–Kier alpha value is -0.230. The summed E-state index contributed by atoms with van der Waals surface area (Å²) >= 11 is 0. The van der Waals surface area contributed by atoms with Crippen LogP contribution in [0.1, 0.15) is 6.92 Å². The van der Waals surface area contributed by atoms with E-state index < -0.39 is 30.7 Å². The van der Waals surface area contributed by atoms with Gasteiger partial charge in [0, 0.05) is 0 Å². The first-order valence-electron chi connectivity index (χ1n) is 3.39. The van der Waals surface area contributed by atoms with Gasteiger partial charge in [-0.2, -0.15) is 0 Å². The molecule has 0 bridgehead atoms. The van der Waals surface area contributed by atoms with Gasteiger partial charge in [0.25, 0.3) is 0 Å². The molecule has 0 radical (unpaired) electrons. The van der Waals surface area contributed by atoms with Crippen LogP contribution < -0.4 is 5.73 Å². The number of ether oxygens (including phenoxy) is 1. The van der Waals surface area contributed by atoms with Crippen LogP contribution in [-0.2, 0) is 4.74 Å². The molecule has 0 aromatic carbocycles. The zero-order chi connectivity index (χ0) is 8.65. The molecule has 5 heteroatoms. The Balaban J connectivity index is 2.71. The highest BCUT2D eigenvalue weighted by Crippen LogP contribution is 2.31. The molecule has 66 valence electrons. The van der Waals surface area contributed by atoms with Crippen LogP contribution in [0.25, 0.3) is 0 Å². The number of rotatable bonds is 1. The van der Waals surface area contributed by atoms with E-state index in [0.717, 1.165) is 6.92 Å². The van der Waals surface area contributed by atoms with Crippen LogP contribution in [0.3, 0.4) is 0 Å². The number of alkyl halides is 1. The zero-order valence-electron chi connectivity index (χ0n) is 6.20. The quantitative estimate of drug-likeness (QED) is 0.454. The van der Waals surface area contributed by atoms with Crippen molar-refractivity contribution in [2.24, 2.45) is 5.73 Å². The highest BCUT2D eigenvalue weighted by Gasteiger charge is 2.51. The molecule has 1 heterocycles. The van der Waals surface area contributed by atoms with E-state index in [1.807, 2.05) is 0 Å². The molecule has 0 aliphatic carbocycles. The lowest BCUT2D eigenvalue weighted by Crippen LogP contribution is -2.45. The van der Waals surface area contributed by atoms with Crippen molar-refractivity contribution >= 4 is 0 Å². The second-order valence-corrected chi connectivity index (χ2v) is 2.87. The van der Waals surface area contributed by atoms with Gasteiger partial charge < -0.3 is 20.7 Å². The fraction of sp³-hybridized carbons (Fsp3) is 1.00. The topological polar surface area (TPSA) is 75.7 Å². The lowest BCUT2D eigenvalue weighted by atomic mass is 9.99. The maximum Gasteiger partial charge on any atom is 0.175 e. The molecule has 0 spiro atoms. The van der Waals surface area contributed by atoms with Crippen molar-refractivity contribution in [1.29, 1.82) is 0 Å². The van der Waals surface area contributed by atoms with Crippen molar-refractivity contribution in [3.63, 3.8) is 0 Å². The van der Waals surface area contributed by atoms with Crippen LogP contribution >= 0.6 is 0 Å². The van der Waals surface area contributed by atoms with Gasteiger partial charge in [0.05, 0.1) is 6.61 Å². The van der Waals surface area contributed by atoms with E-state index in [1.54, 1.807) is 0 Å². The lowest BCUT2D eigenvalue weighted by Gasteiger charge is -2.20. The number of aliphatic hydroxyl groups is 2. The molecular formula is C6H12FNO3. The van der Waals surface area contributed by atoms with E-state index in [4.69, 9.17) is 20.7 Å². The maximum absolute atomic E-state index is 13.2. The van der Waals surface area contributed by atoms with Gasteiger partial charge in [-0.25, -0.2) is 4.39 Å². The van der Waals surface area contributed by atoms with Crippen molar-refractivity contribution in [2.75, 3.05) is 6.61 Å². The van der Waals surface area contributed by atoms with Gasteiger partial charge in [0.15, 0.2) is 5.67 Å². The Labute approximate surface area is 63.8 Å². The van der Waals surface area contributed by atoms with Gasteiger partial charge in [-0.3, -0.25) is 0 Å². The summed E-state index contributed by atoms with van der Waals surface area (Å²) in [7, 11) is 0. The van der Waals surface area contributed by atoms with Gasteiger partial charge in [-0.05, 0) is 6.92 Å². The average molecular weight is 165 g/mol. The molecule has 1 unspecified atom stereocenters. The lowest BCUT2D eigenvalue weighted by molar-refractivity contribution is -0.0200. The molecule has 0 amide bonds. The number of hydrogen-bond acceptors (Lipinski definition) is 4. The SMILES string of the molecule is CC1(F)[C@H](N)O[C@H](CO)[C@H]1O. The van der Waals surface area contributed by atoms with E-state index in [-0.39, 0.29) is 0 Å². The largest absolute Gasteiger partial charge is 0.394 e. The van der Waals surface area contributed by atoms with Crippen LogP contribution in [0.15, 0.2) is 0 Å². The average Bonchev–Trinajstić information content (AvgIpc) is 2.14. The predicted octanol–water partition coefficient (Wildman–Crippen LogP) is -1.25. The minimum atomic E-state index is -1.96. The molecule has 0 saturated carbocycles. The molecule has 4 N–H and O–H groups in total. The van der Waals surface area contributed by atoms with Crippen molar-refractivity contribution in [1.82, 2.24) is 0 Å². The van der Waals surface area contributed by atoms with Gasteiger partial charge in [0.2, 0.25) is 0 Å². The highest BCUT2D eigenvalue weighted by molar-refractivity contribution is 4.98. The summed E-state index contributed by atoms with van der Waals surface area (Å²) < 4.78 is 18.0. The third-order valence-corrected chi connectivity index (χ3v) is 1.99. The Morgan fingerprint density at radius 1 is 1.73 bits per heavy atom. The van der Waals surface area contributed by atoms with Crippen LogP contribution in [-0.4, -0.2) is 40.9 Å². The molecule has 0 aromatic rings. The smallest absolute Gasteiger partial charge is 0.175 e. The number of hydrogen-bond donors (Lipinski definition) is 3. The molecule has 1 aliphatic rings. The second kappa shape index (κ2) is 2.67. The van der Waals surface area contributed by atoms with Gasteiger partial charge in [0.1, 0.15) is 18.4 Å². The maximum atomic E-state index is 13.2. The summed E-state index contributed by atoms with van der Waals surface area (Å²) in [5, 5.41) is 17.7. The van der Waals surface area contributed by atoms with Crippen molar-refractivity contribution in [3.8, 4) is 0 Å². The number of halogens is 1. The zero-order valence-corrected chi connectivity index (χ0v) is 6.20. The minimum Gasteiger partial charge on any atom is -0.394 e. The molecule has 1 aliphatic heterocycles. The van der Waals surface area contributed by atoms with Crippen LogP contribution in [0.5, 0.6) is 0 Å². The summed E-state index contributed by atoms with van der Waals surface area (Å²) in [4.78, 5) is 0. The molecule has 4 nitrogen and oxygen atoms in total. The standard InChI is InChI=1S/C6H12FNO3/c1-6(7)4(10)3(2-9)11-5(6)8/h3-5,9-10H,2,8H2,1H3/t3-,4-,5-,6?/m1/s1. The minimum absolute atomic E-state index is 0.422. The third kappa shape index (κ3) is 1.24. The monoisotopic (exact) mass is 165 g/mol. The normalized spacial score (nSPS) is 51.5. The van der Waals surface area contributed by atoms with E-state index in [9.17, 15) is 4.39 Å². The Kier molecular flexibility index (Phi) is 2.15. The summed E-state index contributed by atoms with van der Waals surface area (Å²) in [5.41, 5.74) is 3.24. The molecular weight excluding hydrogens is 153 g/mol. The number of nitrogens with two attached hydrogens (primary N) is 1. The summed E-state index contributed by atoms with van der Waals surface area (Å²) in [5.74, 6) is 0. The molecule has 11 heavy (non-hydrogen) atoms. The highest BCUT2D eigenvalue weighted by atomic mass is 19.1. The Bertz CT molecular complexity index is 153. The van der Waals surface area contributed by atoms with Crippen molar-refractivity contribution in [3.05, 3.63) is 0 Å². The van der Waals surface area contributed by atoms with Crippen LogP contribution in [0, 0.1) is 0 Å². The fourth-order valence-electron chi connectivity index (χ4n) is 1.07. The first-order chi connectivity index (χ1) is 5.00. The molecule has 1 rings (SSSR count). The first kappa shape index (κ1) is 8.86. The van der Waals surface area contributed by atoms with Crippen LogP contribution in [0.4, 0.5) is 4.39 Å².